The largest absolute Gasteiger partial charge is 0.258 e. The average molecular weight is 1170 g/mol. The third-order valence-electron chi connectivity index (χ3n) is 11.5. The minimum atomic E-state index is 0.571. The first-order chi connectivity index (χ1) is 37.9. The molecular weight excluding hydrogens is 1130 g/mol. The first-order valence-electron chi connectivity index (χ1n) is 24.1. The van der Waals surface area contributed by atoms with Crippen LogP contribution < -0.4 is 0 Å². The minimum Gasteiger partial charge on any atom is -0.258 e. The second-order valence-electron chi connectivity index (χ2n) is 16.8. The van der Waals surface area contributed by atoms with Crippen LogP contribution in [-0.4, -0.2) is 39.9 Å². The number of aromatic nitrogens is 8. The molecule has 4 heterocycles. The van der Waals surface area contributed by atoms with Gasteiger partial charge >= 0.3 is 27.0 Å². The minimum absolute atomic E-state index is 0.571. The van der Waals surface area contributed by atoms with Crippen LogP contribution in [0.2, 0.25) is 10.0 Å². The molecular formula is C64H42BrCl3N8Zn. The molecule has 0 aliphatic heterocycles. The van der Waals surface area contributed by atoms with E-state index in [0.29, 0.717) is 45.0 Å². The van der Waals surface area contributed by atoms with Gasteiger partial charge in [-0.15, -0.1) is 5.56 Å². The van der Waals surface area contributed by atoms with Crippen LogP contribution in [-0.2, 0) is 17.3 Å². The summed E-state index contributed by atoms with van der Waals surface area (Å²) in [6, 6.07) is 82.1. The first-order valence-corrected chi connectivity index (χ1v) is 29.5. The molecule has 12 rings (SSSR count). The van der Waals surface area contributed by atoms with Gasteiger partial charge in [0.15, 0.2) is 34.9 Å². The number of nitrogens with zero attached hydrogens (tertiary/aromatic N) is 8. The topological polar surface area (TPSA) is 103 Å². The predicted molar refractivity (Wildman–Crippen MR) is 313 cm³/mol. The zero-order chi connectivity index (χ0) is 53.2. The van der Waals surface area contributed by atoms with Gasteiger partial charge in [-0.1, -0.05) is 197 Å². The second kappa shape index (κ2) is 27.2. The summed E-state index contributed by atoms with van der Waals surface area (Å²) in [6.07, 6.45) is 3.60. The summed E-state index contributed by atoms with van der Waals surface area (Å²) in [6.45, 7) is 0. The molecule has 0 atom stereocenters. The van der Waals surface area contributed by atoms with E-state index in [2.05, 4.69) is 77.2 Å². The Balaban J connectivity index is 0.000000156. The Hall–Kier alpha value is -7.95. The second-order valence-corrected chi connectivity index (χ2v) is 18.5. The number of hydrogen-bond donors (Lipinski definition) is 0. The number of hydrogen-bond acceptors (Lipinski definition) is 8. The van der Waals surface area contributed by atoms with E-state index in [1.165, 1.54) is 0 Å². The molecule has 0 amide bonds. The molecule has 0 bridgehead atoms. The van der Waals surface area contributed by atoms with E-state index in [0.717, 1.165) is 88.8 Å². The predicted octanol–water partition coefficient (Wildman–Crippen LogP) is 17.8. The summed E-state index contributed by atoms with van der Waals surface area (Å²) in [5.74, 6) is 3.65. The van der Waals surface area contributed by atoms with Crippen molar-refractivity contribution in [2.45, 2.75) is 0 Å². The molecule has 8 nitrogen and oxygen atoms in total. The Morgan fingerprint density at radius 1 is 0.299 bits per heavy atom. The molecule has 4 aromatic heterocycles. The van der Waals surface area contributed by atoms with Crippen molar-refractivity contribution in [2.75, 3.05) is 0 Å². The van der Waals surface area contributed by atoms with Gasteiger partial charge in [0.2, 0.25) is 0 Å². The van der Waals surface area contributed by atoms with Gasteiger partial charge in [0, 0.05) is 71.5 Å². The van der Waals surface area contributed by atoms with E-state index in [1.807, 2.05) is 212 Å². The fraction of sp³-hybridized carbons (Fsp3) is 0. The van der Waals surface area contributed by atoms with Crippen molar-refractivity contribution >= 4 is 48.8 Å². The van der Waals surface area contributed by atoms with Gasteiger partial charge in [-0.05, 0) is 71.8 Å². The van der Waals surface area contributed by atoms with Crippen molar-refractivity contribution in [2.24, 2.45) is 0 Å². The molecule has 8 aromatic carbocycles. The van der Waals surface area contributed by atoms with Crippen molar-refractivity contribution in [1.29, 1.82) is 0 Å². The Bertz CT molecular complexity index is 3610. The summed E-state index contributed by atoms with van der Waals surface area (Å²) in [5.41, 5.74) is 11.6. The fourth-order valence-corrected chi connectivity index (χ4v) is 9.00. The van der Waals surface area contributed by atoms with E-state index in [4.69, 9.17) is 47.8 Å². The molecule has 13 heteroatoms. The van der Waals surface area contributed by atoms with Crippen molar-refractivity contribution in [3.05, 3.63) is 276 Å². The molecule has 0 N–H and O–H groups in total. The van der Waals surface area contributed by atoms with Gasteiger partial charge in [-0.3, -0.25) is 9.97 Å². The fourth-order valence-electron chi connectivity index (χ4n) is 7.90. The zero-order valence-corrected chi connectivity index (χ0v) is 47.9. The monoisotopic (exact) mass is 1170 g/mol. The maximum absolute atomic E-state index is 6.61. The average Bonchev–Trinajstić information content (AvgIpc) is 3.51. The van der Waals surface area contributed by atoms with Gasteiger partial charge < -0.3 is 0 Å². The SMILES string of the molecule is Clc1cc(-c2ccc(-c3ccccn3)cc2)cc(-c2nc(-c3ccccc3)nc(-c3ccccc3)n2)c1.Clc1cc(Br)cc(-c2nc(-c3ccccc3)nc(-c3ccccc3)n2)c1.[Cl][Zn+].[c-]1ccc(-c2ccccn2)cc1. The van der Waals surface area contributed by atoms with Crippen LogP contribution in [0.5, 0.6) is 0 Å². The Morgan fingerprint density at radius 2 is 0.623 bits per heavy atom. The van der Waals surface area contributed by atoms with Crippen molar-refractivity contribution in [3.63, 3.8) is 0 Å². The van der Waals surface area contributed by atoms with Crippen LogP contribution in [0.1, 0.15) is 0 Å². The molecule has 0 spiro atoms. The van der Waals surface area contributed by atoms with Crippen molar-refractivity contribution < 1.29 is 17.3 Å². The number of pyridine rings is 2. The van der Waals surface area contributed by atoms with Gasteiger partial charge in [0.1, 0.15) is 0 Å². The smallest absolute Gasteiger partial charge is 0.0461 e. The summed E-state index contributed by atoms with van der Waals surface area (Å²) in [5, 5.41) is 1.24. The summed E-state index contributed by atoms with van der Waals surface area (Å²) in [4.78, 5) is 37.2. The Labute approximate surface area is 479 Å². The quantitative estimate of drug-likeness (QED) is 0.104. The van der Waals surface area contributed by atoms with Crippen LogP contribution in [0.3, 0.4) is 0 Å². The number of rotatable bonds is 9. The van der Waals surface area contributed by atoms with E-state index >= 15 is 0 Å². The van der Waals surface area contributed by atoms with Crippen LogP contribution in [0.4, 0.5) is 0 Å². The third-order valence-corrected chi connectivity index (χ3v) is 12.4. The maximum Gasteiger partial charge on any atom is 0.0461 e. The van der Waals surface area contributed by atoms with E-state index < -0.39 is 0 Å². The zero-order valence-electron chi connectivity index (χ0n) is 41.0. The summed E-state index contributed by atoms with van der Waals surface area (Å²) >= 11 is 17.2. The maximum atomic E-state index is 6.61. The third kappa shape index (κ3) is 14.7. The van der Waals surface area contributed by atoms with Crippen molar-refractivity contribution in [1.82, 2.24) is 39.9 Å². The Morgan fingerprint density at radius 3 is 1.00 bits per heavy atom. The van der Waals surface area contributed by atoms with Crippen molar-refractivity contribution in [3.8, 4) is 102 Å². The van der Waals surface area contributed by atoms with Crippen LogP contribution >= 0.6 is 48.8 Å². The molecule has 0 unspecified atom stereocenters. The van der Waals surface area contributed by atoms with Gasteiger partial charge in [-0.2, -0.15) is 30.3 Å². The van der Waals surface area contributed by atoms with E-state index in [9.17, 15) is 0 Å². The first kappa shape index (κ1) is 53.9. The molecule has 368 valence electrons. The van der Waals surface area contributed by atoms with E-state index in [-0.39, 0.29) is 0 Å². The standard InChI is InChI=1S/C32H21ClN4.C21H13BrClN3.C11H8N.ClH.Zn/c33-28-20-26(22-14-16-23(17-15-22)29-13-7-8-18-34-29)19-27(21-28)32-36-30(24-9-3-1-4-10-24)35-31(37-32)25-11-5-2-6-12-25;22-17-11-16(12-18(23)13-17)21-25-19(14-7-3-1-4-8-14)24-20(26-21)15-9-5-2-6-10-15;1-2-6-10(7-3-1)11-8-4-5-9-12-11;;/h1-21H;1-13H;2-9H;1H;/q;;-1;;+2/p-1. The molecule has 0 aliphatic carbocycles. The molecule has 0 fully saturated rings. The molecule has 0 saturated heterocycles. The van der Waals surface area contributed by atoms with Gasteiger partial charge in [0.25, 0.3) is 0 Å². The number of benzene rings is 8. The normalized spacial score (nSPS) is 10.4. The number of halogens is 4. The molecule has 0 aliphatic rings. The van der Waals surface area contributed by atoms with E-state index in [1.54, 1.807) is 12.4 Å². The molecule has 77 heavy (non-hydrogen) atoms. The van der Waals surface area contributed by atoms with Crippen LogP contribution in [0.15, 0.2) is 260 Å². The molecule has 0 radical (unpaired) electrons. The molecule has 0 saturated carbocycles. The van der Waals surface area contributed by atoms with Crippen LogP contribution in [0.25, 0.3) is 102 Å². The summed E-state index contributed by atoms with van der Waals surface area (Å²) in [7, 11) is 4.76. The van der Waals surface area contributed by atoms with Gasteiger partial charge in [0.05, 0.1) is 5.69 Å². The summed E-state index contributed by atoms with van der Waals surface area (Å²) < 4.78 is 0.878. The molecule has 12 aromatic rings. The Kier molecular flexibility index (Phi) is 19.0. The van der Waals surface area contributed by atoms with Crippen LogP contribution in [0, 0.1) is 6.07 Å². The van der Waals surface area contributed by atoms with Gasteiger partial charge in [-0.25, -0.2) is 29.9 Å².